The van der Waals surface area contributed by atoms with Gasteiger partial charge in [0.25, 0.3) is 0 Å². The smallest absolute Gasteiger partial charge is 0.179 e. The molecule has 0 aliphatic carbocycles. The van der Waals surface area contributed by atoms with Gasteiger partial charge in [0, 0.05) is 6.67 Å². The van der Waals surface area contributed by atoms with Crippen LogP contribution in [-0.4, -0.2) is 21.7 Å². The molecular formula is C2H7BN2. The van der Waals surface area contributed by atoms with Crippen molar-refractivity contribution in [2.45, 2.75) is 0 Å². The van der Waals surface area contributed by atoms with E-state index in [-0.39, 0.29) is 0 Å². The summed E-state index contributed by atoms with van der Waals surface area (Å²) in [5, 5.41) is 5.19. The van der Waals surface area contributed by atoms with Gasteiger partial charge in [-0.3, -0.25) is 0 Å². The Morgan fingerprint density at radius 3 is 2.40 bits per heavy atom. The summed E-state index contributed by atoms with van der Waals surface area (Å²) in [5.74, 6) is 0. The molecule has 5 heavy (non-hydrogen) atoms. The van der Waals surface area contributed by atoms with Crippen LogP contribution in [-0.2, 0) is 0 Å². The summed E-state index contributed by atoms with van der Waals surface area (Å²) in [7, 11) is 6.65. The lowest BCUT2D eigenvalue weighted by atomic mass is 10.4. The Morgan fingerprint density at radius 2 is 2.40 bits per heavy atom. The van der Waals surface area contributed by atoms with Crippen LogP contribution in [0, 0.1) is 0 Å². The Morgan fingerprint density at radius 1 is 1.80 bits per heavy atom. The molecule has 0 aromatic carbocycles. The van der Waals surface area contributed by atoms with E-state index in [1.807, 2.05) is 7.05 Å². The monoisotopic (exact) mass is 70.1 g/mol. The average molecular weight is 69.9 g/mol. The van der Waals surface area contributed by atoms with Gasteiger partial charge in [-0.15, -0.1) is 0 Å². The number of hydrogen-bond acceptors (Lipinski definition) is 2. The zero-order chi connectivity index (χ0) is 4.12. The molecule has 0 saturated carbocycles. The summed E-state index contributed by atoms with van der Waals surface area (Å²) >= 11 is 0. The summed E-state index contributed by atoms with van der Waals surface area (Å²) in [6, 6.07) is 0. The minimum atomic E-state index is 0.667. The zero-order valence-electron chi connectivity index (χ0n) is 3.28. The average Bonchev–Trinajstić information content (AvgIpc) is 1.41. The van der Waals surface area contributed by atoms with Gasteiger partial charge in [-0.2, -0.15) is 0 Å². The molecule has 0 bridgehead atoms. The minimum absolute atomic E-state index is 0.667. The number of rotatable bonds is 2. The van der Waals surface area contributed by atoms with Crippen LogP contribution in [0.2, 0.25) is 0 Å². The molecule has 0 rings (SSSR count). The van der Waals surface area contributed by atoms with E-state index in [0.717, 1.165) is 0 Å². The lowest BCUT2D eigenvalue weighted by molar-refractivity contribution is 0.782. The fourth-order valence-corrected chi connectivity index (χ4v) is 0.102. The highest BCUT2D eigenvalue weighted by atomic mass is 15.0. The van der Waals surface area contributed by atoms with Gasteiger partial charge in [0.1, 0.15) is 0 Å². The van der Waals surface area contributed by atoms with Crippen LogP contribution >= 0.6 is 0 Å². The number of nitrogens with one attached hydrogen (secondary N) is 2. The Kier molecular flexibility index (Phi) is 3.97. The summed E-state index contributed by atoms with van der Waals surface area (Å²) in [6.07, 6.45) is 0. The molecule has 0 saturated heterocycles. The van der Waals surface area contributed by atoms with Crippen molar-refractivity contribution >= 4 is 7.98 Å². The van der Waals surface area contributed by atoms with Crippen molar-refractivity contribution in [1.82, 2.24) is 10.5 Å². The van der Waals surface area contributed by atoms with Gasteiger partial charge in [0.05, 0.1) is 0 Å². The topological polar surface area (TPSA) is 24.1 Å². The molecule has 0 spiro atoms. The van der Waals surface area contributed by atoms with Gasteiger partial charge in [0.2, 0.25) is 0 Å². The van der Waals surface area contributed by atoms with Crippen LogP contribution in [0.5, 0.6) is 0 Å². The molecule has 3 heteroatoms. The molecule has 28 valence electrons. The van der Waals surface area contributed by atoms with Crippen LogP contribution in [0.4, 0.5) is 0 Å². The lowest BCUT2D eigenvalue weighted by Gasteiger charge is -1.88. The van der Waals surface area contributed by atoms with Crippen LogP contribution in [0.15, 0.2) is 0 Å². The Bertz CT molecular complexity index is 15.1. The van der Waals surface area contributed by atoms with Crippen molar-refractivity contribution in [3.05, 3.63) is 0 Å². The largest absolute Gasteiger partial charge is 0.355 e. The van der Waals surface area contributed by atoms with E-state index in [1.165, 1.54) is 0 Å². The molecule has 0 amide bonds. The second-order valence-electron chi connectivity index (χ2n) is 0.734. The molecule has 0 atom stereocenters. The van der Waals surface area contributed by atoms with E-state index < -0.39 is 0 Å². The highest BCUT2D eigenvalue weighted by Gasteiger charge is 1.61. The van der Waals surface area contributed by atoms with Crippen LogP contribution in [0.3, 0.4) is 0 Å². The van der Waals surface area contributed by atoms with Crippen LogP contribution in [0.25, 0.3) is 0 Å². The maximum Gasteiger partial charge on any atom is 0.179 e. The fourth-order valence-electron chi connectivity index (χ4n) is 0.102. The SMILES string of the molecule is [B]NCNC. The summed E-state index contributed by atoms with van der Waals surface area (Å²) in [5.41, 5.74) is 0. The van der Waals surface area contributed by atoms with Gasteiger partial charge in [-0.05, 0) is 7.05 Å². The molecule has 0 unspecified atom stereocenters. The quantitative estimate of drug-likeness (QED) is 0.316. The molecule has 2 nitrogen and oxygen atoms in total. The van der Waals surface area contributed by atoms with Crippen LogP contribution in [0.1, 0.15) is 0 Å². The van der Waals surface area contributed by atoms with Gasteiger partial charge >= 0.3 is 0 Å². The first-order valence-electron chi connectivity index (χ1n) is 1.50. The molecule has 0 fully saturated rings. The van der Waals surface area contributed by atoms with Crippen molar-refractivity contribution in [1.29, 1.82) is 0 Å². The summed E-state index contributed by atoms with van der Waals surface area (Å²) < 4.78 is 0. The Hall–Kier alpha value is -0.0151. The van der Waals surface area contributed by atoms with Gasteiger partial charge in [-0.25, -0.2) is 0 Å². The van der Waals surface area contributed by atoms with E-state index in [1.54, 1.807) is 0 Å². The summed E-state index contributed by atoms with van der Waals surface area (Å²) in [4.78, 5) is 0. The van der Waals surface area contributed by atoms with E-state index in [0.29, 0.717) is 6.67 Å². The Balaban J connectivity index is 2.19. The third-order valence-corrected chi connectivity index (χ3v) is 0.279. The molecule has 0 aliphatic rings. The highest BCUT2D eigenvalue weighted by Crippen LogP contribution is 1.28. The second kappa shape index (κ2) is 3.98. The standard InChI is InChI=1S/C2H7BN2/c1-4-2-5-3/h4-5H,2H2,1H3. The van der Waals surface area contributed by atoms with Crippen molar-refractivity contribution in [3.8, 4) is 0 Å². The molecular weight excluding hydrogens is 62.8 g/mol. The number of hydrogen-bond donors (Lipinski definition) is 2. The van der Waals surface area contributed by atoms with Crippen molar-refractivity contribution in [2.24, 2.45) is 0 Å². The summed E-state index contributed by atoms with van der Waals surface area (Å²) in [6.45, 7) is 0.667. The van der Waals surface area contributed by atoms with E-state index in [2.05, 4.69) is 10.5 Å². The van der Waals surface area contributed by atoms with E-state index in [9.17, 15) is 0 Å². The molecule has 0 heterocycles. The predicted molar refractivity (Wildman–Crippen MR) is 22.8 cm³/mol. The first-order valence-corrected chi connectivity index (χ1v) is 1.50. The van der Waals surface area contributed by atoms with Gasteiger partial charge in [-0.1, -0.05) is 0 Å². The van der Waals surface area contributed by atoms with Crippen molar-refractivity contribution in [2.75, 3.05) is 13.7 Å². The molecule has 2 N–H and O–H groups in total. The van der Waals surface area contributed by atoms with Crippen molar-refractivity contribution < 1.29 is 0 Å². The van der Waals surface area contributed by atoms with Crippen LogP contribution < -0.4 is 10.5 Å². The van der Waals surface area contributed by atoms with Gasteiger partial charge in [0.15, 0.2) is 7.98 Å². The van der Waals surface area contributed by atoms with Crippen molar-refractivity contribution in [3.63, 3.8) is 0 Å². The maximum absolute atomic E-state index is 4.83. The molecule has 2 radical (unpaired) electrons. The van der Waals surface area contributed by atoms with Gasteiger partial charge < -0.3 is 10.5 Å². The fraction of sp³-hybridized carbons (Fsp3) is 1.00. The molecule has 0 aliphatic heterocycles. The maximum atomic E-state index is 4.83. The lowest BCUT2D eigenvalue weighted by Crippen LogP contribution is -2.22. The van der Waals surface area contributed by atoms with E-state index in [4.69, 9.17) is 7.98 Å². The normalized spacial score (nSPS) is 8.20. The Labute approximate surface area is 33.4 Å². The predicted octanol–water partition coefficient (Wildman–Crippen LogP) is -1.16. The first-order chi connectivity index (χ1) is 2.41. The molecule has 0 aromatic rings. The molecule has 0 aromatic heterocycles. The first kappa shape index (κ1) is 4.98. The third-order valence-electron chi connectivity index (χ3n) is 0.279. The zero-order valence-corrected chi connectivity index (χ0v) is 3.28. The second-order valence-corrected chi connectivity index (χ2v) is 0.734. The van der Waals surface area contributed by atoms with E-state index >= 15 is 0 Å². The third kappa shape index (κ3) is 3.98. The minimum Gasteiger partial charge on any atom is -0.355 e. The highest BCUT2D eigenvalue weighted by molar-refractivity contribution is 6.04.